The van der Waals surface area contributed by atoms with Gasteiger partial charge in [0, 0.05) is 5.38 Å². The first kappa shape index (κ1) is 12.7. The van der Waals surface area contributed by atoms with Gasteiger partial charge in [0.1, 0.15) is 0 Å². The molecule has 1 rings (SSSR count). The monoisotopic (exact) mass is 226 g/mol. The molecule has 1 N–H and O–H groups in total. The third kappa shape index (κ3) is 5.28. The van der Waals surface area contributed by atoms with E-state index in [1.807, 2.05) is 5.51 Å². The molecule has 1 aromatic rings. The highest BCUT2D eigenvalue weighted by Gasteiger charge is 2.12. The minimum Gasteiger partial charge on any atom is -0.317 e. The van der Waals surface area contributed by atoms with Gasteiger partial charge in [0.25, 0.3) is 0 Å². The summed E-state index contributed by atoms with van der Waals surface area (Å²) in [6.45, 7) is 8.92. The molecule has 3 heteroatoms. The van der Waals surface area contributed by atoms with Gasteiger partial charge in [-0.25, -0.2) is 4.98 Å². The summed E-state index contributed by atoms with van der Waals surface area (Å²) in [6.07, 6.45) is 2.40. The largest absolute Gasteiger partial charge is 0.317 e. The summed E-state index contributed by atoms with van der Waals surface area (Å²) in [4.78, 5) is 4.36. The SMILES string of the molecule is CCNCC(Cc1cscn1)CC(C)C. The molecule has 15 heavy (non-hydrogen) atoms. The highest BCUT2D eigenvalue weighted by molar-refractivity contribution is 7.07. The van der Waals surface area contributed by atoms with Gasteiger partial charge in [-0.05, 0) is 37.8 Å². The third-order valence-corrected chi connectivity index (χ3v) is 3.10. The number of hydrogen-bond acceptors (Lipinski definition) is 3. The molecule has 0 fully saturated rings. The predicted octanol–water partition coefficient (Wildman–Crippen LogP) is 2.96. The standard InChI is InChI=1S/C12H22N2S/c1-4-13-7-11(5-10(2)3)6-12-8-15-9-14-12/h8-11,13H,4-7H2,1-3H3. The zero-order valence-corrected chi connectivity index (χ0v) is 10.8. The lowest BCUT2D eigenvalue weighted by Gasteiger charge is -2.18. The molecule has 0 aliphatic heterocycles. The van der Waals surface area contributed by atoms with E-state index in [2.05, 4.69) is 36.5 Å². The van der Waals surface area contributed by atoms with Crippen molar-refractivity contribution in [3.05, 3.63) is 16.6 Å². The molecule has 1 heterocycles. The number of hydrogen-bond donors (Lipinski definition) is 1. The number of nitrogens with one attached hydrogen (secondary N) is 1. The van der Waals surface area contributed by atoms with E-state index in [0.717, 1.165) is 31.3 Å². The van der Waals surface area contributed by atoms with Gasteiger partial charge >= 0.3 is 0 Å². The van der Waals surface area contributed by atoms with E-state index in [0.29, 0.717) is 0 Å². The van der Waals surface area contributed by atoms with Gasteiger partial charge in [0.2, 0.25) is 0 Å². The van der Waals surface area contributed by atoms with Crippen LogP contribution in [0.15, 0.2) is 10.9 Å². The molecule has 2 nitrogen and oxygen atoms in total. The molecule has 0 aliphatic rings. The molecule has 0 aromatic carbocycles. The van der Waals surface area contributed by atoms with E-state index in [9.17, 15) is 0 Å². The zero-order valence-electron chi connectivity index (χ0n) is 9.99. The topological polar surface area (TPSA) is 24.9 Å². The van der Waals surface area contributed by atoms with E-state index >= 15 is 0 Å². The van der Waals surface area contributed by atoms with Crippen LogP contribution in [0, 0.1) is 11.8 Å². The van der Waals surface area contributed by atoms with E-state index in [-0.39, 0.29) is 0 Å². The number of nitrogens with zero attached hydrogens (tertiary/aromatic N) is 1. The first-order valence-electron chi connectivity index (χ1n) is 5.80. The average molecular weight is 226 g/mol. The Kier molecular flexibility index (Phi) is 5.88. The number of aromatic nitrogens is 1. The lowest BCUT2D eigenvalue weighted by atomic mass is 9.93. The summed E-state index contributed by atoms with van der Waals surface area (Å²) in [7, 11) is 0. The van der Waals surface area contributed by atoms with Gasteiger partial charge < -0.3 is 5.32 Å². The molecular weight excluding hydrogens is 204 g/mol. The van der Waals surface area contributed by atoms with Gasteiger partial charge in [-0.1, -0.05) is 20.8 Å². The van der Waals surface area contributed by atoms with Crippen molar-refractivity contribution in [2.24, 2.45) is 11.8 Å². The van der Waals surface area contributed by atoms with Crippen LogP contribution in [0.4, 0.5) is 0 Å². The normalized spacial score (nSPS) is 13.3. The Morgan fingerprint density at radius 2 is 2.27 bits per heavy atom. The first-order valence-corrected chi connectivity index (χ1v) is 6.74. The predicted molar refractivity (Wildman–Crippen MR) is 67.3 cm³/mol. The molecule has 0 aliphatic carbocycles. The second-order valence-corrected chi connectivity index (χ2v) is 5.21. The molecule has 0 spiro atoms. The summed E-state index contributed by atoms with van der Waals surface area (Å²) in [5, 5.41) is 5.61. The molecule has 0 amide bonds. The van der Waals surface area contributed by atoms with Crippen LogP contribution in [-0.2, 0) is 6.42 Å². The van der Waals surface area contributed by atoms with Gasteiger partial charge in [0.05, 0.1) is 11.2 Å². The second kappa shape index (κ2) is 6.96. The maximum Gasteiger partial charge on any atom is 0.0794 e. The van der Waals surface area contributed by atoms with Crippen LogP contribution >= 0.6 is 11.3 Å². The van der Waals surface area contributed by atoms with E-state index < -0.39 is 0 Å². The van der Waals surface area contributed by atoms with Crippen molar-refractivity contribution in [2.45, 2.75) is 33.6 Å². The molecule has 0 saturated heterocycles. The Bertz CT molecular complexity index is 244. The highest BCUT2D eigenvalue weighted by Crippen LogP contribution is 2.16. The molecule has 86 valence electrons. The first-order chi connectivity index (χ1) is 7.22. The third-order valence-electron chi connectivity index (χ3n) is 2.47. The molecule has 0 radical (unpaired) electrons. The Hall–Kier alpha value is -0.410. The lowest BCUT2D eigenvalue weighted by molar-refractivity contribution is 0.386. The second-order valence-electron chi connectivity index (χ2n) is 4.49. The average Bonchev–Trinajstić information content (AvgIpc) is 2.66. The van der Waals surface area contributed by atoms with Crippen LogP contribution in [0.5, 0.6) is 0 Å². The number of rotatable bonds is 7. The van der Waals surface area contributed by atoms with Gasteiger partial charge in [-0.2, -0.15) is 0 Å². The minimum absolute atomic E-state index is 0.729. The summed E-state index contributed by atoms with van der Waals surface area (Å²) in [5.74, 6) is 1.50. The van der Waals surface area contributed by atoms with E-state index in [4.69, 9.17) is 0 Å². The van der Waals surface area contributed by atoms with E-state index in [1.165, 1.54) is 12.1 Å². The van der Waals surface area contributed by atoms with Crippen LogP contribution in [0.1, 0.15) is 32.9 Å². The summed E-state index contributed by atoms with van der Waals surface area (Å²) >= 11 is 1.69. The van der Waals surface area contributed by atoms with Crippen molar-refractivity contribution in [1.29, 1.82) is 0 Å². The van der Waals surface area contributed by atoms with Crippen LogP contribution < -0.4 is 5.32 Å². The highest BCUT2D eigenvalue weighted by atomic mass is 32.1. The van der Waals surface area contributed by atoms with Crippen molar-refractivity contribution in [3.8, 4) is 0 Å². The van der Waals surface area contributed by atoms with Crippen molar-refractivity contribution < 1.29 is 0 Å². The smallest absolute Gasteiger partial charge is 0.0794 e. The molecular formula is C12H22N2S. The quantitative estimate of drug-likeness (QED) is 0.773. The van der Waals surface area contributed by atoms with Gasteiger partial charge in [-0.15, -0.1) is 11.3 Å². The number of thiazole rings is 1. The van der Waals surface area contributed by atoms with Crippen molar-refractivity contribution >= 4 is 11.3 Å². The lowest BCUT2D eigenvalue weighted by Crippen LogP contribution is -2.25. The summed E-state index contributed by atoms with van der Waals surface area (Å²) < 4.78 is 0. The molecule has 1 aromatic heterocycles. The van der Waals surface area contributed by atoms with Crippen molar-refractivity contribution in [2.75, 3.05) is 13.1 Å². The van der Waals surface area contributed by atoms with E-state index in [1.54, 1.807) is 11.3 Å². The zero-order chi connectivity index (χ0) is 11.1. The Balaban J connectivity index is 2.41. The minimum atomic E-state index is 0.729. The fraction of sp³-hybridized carbons (Fsp3) is 0.750. The maximum absolute atomic E-state index is 4.36. The van der Waals surface area contributed by atoms with Crippen LogP contribution in [0.25, 0.3) is 0 Å². The molecule has 0 saturated carbocycles. The maximum atomic E-state index is 4.36. The fourth-order valence-electron chi connectivity index (χ4n) is 1.89. The Morgan fingerprint density at radius 3 is 2.80 bits per heavy atom. The Morgan fingerprint density at radius 1 is 1.47 bits per heavy atom. The van der Waals surface area contributed by atoms with Crippen LogP contribution in [-0.4, -0.2) is 18.1 Å². The van der Waals surface area contributed by atoms with Crippen LogP contribution in [0.2, 0.25) is 0 Å². The fourth-order valence-corrected chi connectivity index (χ4v) is 2.46. The van der Waals surface area contributed by atoms with Crippen molar-refractivity contribution in [1.82, 2.24) is 10.3 Å². The molecule has 0 bridgehead atoms. The molecule has 1 unspecified atom stereocenters. The summed E-state index contributed by atoms with van der Waals surface area (Å²) in [5.41, 5.74) is 3.18. The van der Waals surface area contributed by atoms with Crippen LogP contribution in [0.3, 0.4) is 0 Å². The van der Waals surface area contributed by atoms with Gasteiger partial charge in [-0.3, -0.25) is 0 Å². The van der Waals surface area contributed by atoms with Gasteiger partial charge in [0.15, 0.2) is 0 Å². The molecule has 1 atom stereocenters. The summed E-state index contributed by atoms with van der Waals surface area (Å²) in [6, 6.07) is 0. The van der Waals surface area contributed by atoms with Crippen molar-refractivity contribution in [3.63, 3.8) is 0 Å². The Labute approximate surface area is 97.1 Å².